The van der Waals surface area contributed by atoms with Crippen molar-refractivity contribution in [3.8, 4) is 0 Å². The van der Waals surface area contributed by atoms with Crippen molar-refractivity contribution in [1.82, 2.24) is 5.32 Å². The van der Waals surface area contributed by atoms with Crippen LogP contribution in [0.25, 0.3) is 0 Å². The van der Waals surface area contributed by atoms with Crippen molar-refractivity contribution in [3.05, 3.63) is 35.4 Å². The molecular weight excluding hydrogens is 222 g/mol. The average molecular weight is 249 g/mol. The molecule has 0 aliphatic heterocycles. The molecule has 2 nitrogen and oxygen atoms in total. The van der Waals surface area contributed by atoms with E-state index in [9.17, 15) is 5.11 Å². The molecule has 0 aromatic heterocycles. The van der Waals surface area contributed by atoms with Gasteiger partial charge in [-0.15, -0.1) is 0 Å². The number of aliphatic hydroxyl groups excluding tert-OH is 1. The van der Waals surface area contributed by atoms with E-state index >= 15 is 0 Å². The van der Waals surface area contributed by atoms with Gasteiger partial charge in [0.2, 0.25) is 0 Å². The third kappa shape index (κ3) is 3.82. The van der Waals surface area contributed by atoms with Crippen molar-refractivity contribution in [2.75, 3.05) is 13.2 Å². The van der Waals surface area contributed by atoms with E-state index in [1.165, 1.54) is 11.1 Å². The summed E-state index contributed by atoms with van der Waals surface area (Å²) < 4.78 is 0. The summed E-state index contributed by atoms with van der Waals surface area (Å²) in [5.41, 5.74) is 2.62. The van der Waals surface area contributed by atoms with E-state index in [2.05, 4.69) is 57.3 Å². The second-order valence-electron chi connectivity index (χ2n) is 5.38. The molecule has 0 heterocycles. The summed E-state index contributed by atoms with van der Waals surface area (Å²) >= 11 is 0. The molecule has 0 unspecified atom stereocenters. The molecule has 102 valence electrons. The normalized spacial score (nSPS) is 13.6. The molecule has 0 spiro atoms. The Bertz CT molecular complexity index is 332. The zero-order valence-electron chi connectivity index (χ0n) is 12.2. The molecule has 0 bridgehead atoms. The van der Waals surface area contributed by atoms with Crippen LogP contribution in [0, 0.1) is 12.3 Å². The van der Waals surface area contributed by atoms with Crippen LogP contribution >= 0.6 is 0 Å². The van der Waals surface area contributed by atoms with Crippen LogP contribution in [0.2, 0.25) is 0 Å². The fourth-order valence-electron chi connectivity index (χ4n) is 2.12. The molecule has 1 rings (SSSR count). The van der Waals surface area contributed by atoms with Crippen LogP contribution in [-0.2, 0) is 0 Å². The van der Waals surface area contributed by atoms with Crippen molar-refractivity contribution in [2.24, 2.45) is 5.41 Å². The molecule has 1 atom stereocenters. The van der Waals surface area contributed by atoms with Gasteiger partial charge < -0.3 is 10.4 Å². The van der Waals surface area contributed by atoms with E-state index in [-0.39, 0.29) is 12.0 Å². The number of aliphatic hydroxyl groups is 1. The lowest BCUT2D eigenvalue weighted by molar-refractivity contribution is 0.110. The number of rotatable bonds is 7. The highest BCUT2D eigenvalue weighted by Crippen LogP contribution is 2.25. The van der Waals surface area contributed by atoms with E-state index in [1.54, 1.807) is 0 Å². The molecule has 1 aromatic rings. The highest BCUT2D eigenvalue weighted by atomic mass is 16.3. The number of hydrogen-bond acceptors (Lipinski definition) is 2. The van der Waals surface area contributed by atoms with Gasteiger partial charge in [-0.2, -0.15) is 0 Å². The monoisotopic (exact) mass is 249 g/mol. The van der Waals surface area contributed by atoms with Gasteiger partial charge in [0.05, 0.1) is 0 Å². The van der Waals surface area contributed by atoms with Crippen molar-refractivity contribution < 1.29 is 5.11 Å². The van der Waals surface area contributed by atoms with E-state index in [0.717, 1.165) is 19.4 Å². The molecule has 2 N–H and O–H groups in total. The molecule has 2 heteroatoms. The molecular formula is C16H27NO. The first kappa shape index (κ1) is 15.2. The van der Waals surface area contributed by atoms with E-state index in [1.807, 2.05) is 0 Å². The Morgan fingerprint density at radius 3 is 2.17 bits per heavy atom. The lowest BCUT2D eigenvalue weighted by atomic mass is 9.83. The summed E-state index contributed by atoms with van der Waals surface area (Å²) in [5, 5.41) is 13.1. The van der Waals surface area contributed by atoms with Crippen LogP contribution in [0.4, 0.5) is 0 Å². The van der Waals surface area contributed by atoms with Crippen molar-refractivity contribution in [3.63, 3.8) is 0 Å². The van der Waals surface area contributed by atoms with Crippen LogP contribution in [0.15, 0.2) is 24.3 Å². The molecule has 0 saturated carbocycles. The van der Waals surface area contributed by atoms with Crippen molar-refractivity contribution >= 4 is 0 Å². The fraction of sp³-hybridized carbons (Fsp3) is 0.625. The first-order valence-corrected chi connectivity index (χ1v) is 6.97. The second-order valence-corrected chi connectivity index (χ2v) is 5.38. The predicted octanol–water partition coefficient (Wildman–Crippen LogP) is 3.44. The summed E-state index contributed by atoms with van der Waals surface area (Å²) in [5.74, 6) is 0. The molecule has 0 saturated heterocycles. The first-order chi connectivity index (χ1) is 8.56. The zero-order valence-corrected chi connectivity index (χ0v) is 12.2. The summed E-state index contributed by atoms with van der Waals surface area (Å²) in [6.07, 6.45) is 2.02. The molecule has 0 aliphatic carbocycles. The maximum absolute atomic E-state index is 9.56. The zero-order chi connectivity index (χ0) is 13.6. The van der Waals surface area contributed by atoms with Gasteiger partial charge in [-0.1, -0.05) is 43.7 Å². The minimum atomic E-state index is 0.0267. The number of hydrogen-bond donors (Lipinski definition) is 2. The minimum Gasteiger partial charge on any atom is -0.396 e. The maximum Gasteiger partial charge on any atom is 0.0499 e. The summed E-state index contributed by atoms with van der Waals surface area (Å²) in [7, 11) is 0. The summed E-state index contributed by atoms with van der Waals surface area (Å²) in [6, 6.07) is 8.96. The molecule has 0 aliphatic rings. The Kier molecular flexibility index (Phi) is 5.83. The number of aryl methyl sites for hydroxylation is 1. The number of benzene rings is 1. The van der Waals surface area contributed by atoms with Gasteiger partial charge in [0.1, 0.15) is 0 Å². The quantitative estimate of drug-likeness (QED) is 0.776. The van der Waals surface area contributed by atoms with Crippen LogP contribution in [0.5, 0.6) is 0 Å². The molecule has 18 heavy (non-hydrogen) atoms. The Balaban J connectivity index is 2.59. The largest absolute Gasteiger partial charge is 0.396 e. The Labute approximate surface area is 111 Å². The predicted molar refractivity (Wildman–Crippen MR) is 77.7 cm³/mol. The van der Waals surface area contributed by atoms with Crippen molar-refractivity contribution in [2.45, 2.75) is 46.6 Å². The van der Waals surface area contributed by atoms with Gasteiger partial charge >= 0.3 is 0 Å². The second kappa shape index (κ2) is 6.91. The summed E-state index contributed by atoms with van der Waals surface area (Å²) in [4.78, 5) is 0. The Morgan fingerprint density at radius 1 is 1.17 bits per heavy atom. The molecule has 0 fully saturated rings. The maximum atomic E-state index is 9.56. The fourth-order valence-corrected chi connectivity index (χ4v) is 2.12. The third-order valence-corrected chi connectivity index (χ3v) is 4.20. The van der Waals surface area contributed by atoms with Crippen LogP contribution in [0.1, 0.15) is 50.8 Å². The van der Waals surface area contributed by atoms with E-state index < -0.39 is 0 Å². The highest BCUT2D eigenvalue weighted by Gasteiger charge is 2.25. The minimum absolute atomic E-state index is 0.0267. The smallest absolute Gasteiger partial charge is 0.0499 e. The average Bonchev–Trinajstić information content (AvgIpc) is 2.41. The SMILES string of the molecule is CCC(CC)(CO)CN[C@@H](C)c1ccc(C)cc1. The Morgan fingerprint density at radius 2 is 1.72 bits per heavy atom. The van der Waals surface area contributed by atoms with Crippen molar-refractivity contribution in [1.29, 1.82) is 0 Å². The van der Waals surface area contributed by atoms with Gasteiger partial charge in [0.25, 0.3) is 0 Å². The van der Waals surface area contributed by atoms with Gasteiger partial charge in [0, 0.05) is 24.6 Å². The lowest BCUT2D eigenvalue weighted by Gasteiger charge is -2.31. The van der Waals surface area contributed by atoms with Gasteiger partial charge in [0.15, 0.2) is 0 Å². The molecule has 0 amide bonds. The van der Waals surface area contributed by atoms with Crippen LogP contribution in [-0.4, -0.2) is 18.3 Å². The highest BCUT2D eigenvalue weighted by molar-refractivity contribution is 5.23. The Hall–Kier alpha value is -0.860. The molecule has 0 radical (unpaired) electrons. The van der Waals surface area contributed by atoms with Gasteiger partial charge in [-0.25, -0.2) is 0 Å². The van der Waals surface area contributed by atoms with Gasteiger partial charge in [-0.3, -0.25) is 0 Å². The van der Waals surface area contributed by atoms with Crippen LogP contribution < -0.4 is 5.32 Å². The topological polar surface area (TPSA) is 32.3 Å². The number of nitrogens with one attached hydrogen (secondary N) is 1. The first-order valence-electron chi connectivity index (χ1n) is 6.97. The van der Waals surface area contributed by atoms with E-state index in [4.69, 9.17) is 0 Å². The van der Waals surface area contributed by atoms with Crippen LogP contribution in [0.3, 0.4) is 0 Å². The third-order valence-electron chi connectivity index (χ3n) is 4.20. The molecule has 1 aromatic carbocycles. The van der Waals surface area contributed by atoms with E-state index in [0.29, 0.717) is 6.04 Å². The van der Waals surface area contributed by atoms with Gasteiger partial charge in [-0.05, 0) is 32.3 Å². The lowest BCUT2D eigenvalue weighted by Crippen LogP contribution is -2.37. The standard InChI is InChI=1S/C16H27NO/c1-5-16(6-2,12-18)11-17-14(4)15-9-7-13(3)8-10-15/h7-10,14,17-18H,5-6,11-12H2,1-4H3/t14-/m0/s1. The summed E-state index contributed by atoms with van der Waals surface area (Å²) in [6.45, 7) is 9.71.